The highest BCUT2D eigenvalue weighted by Crippen LogP contribution is 2.27. The molecule has 3 N–H and O–H groups in total. The van der Waals surface area contributed by atoms with E-state index in [0.717, 1.165) is 5.56 Å². The number of carbonyl (C=O) groups is 3. The van der Waals surface area contributed by atoms with Crippen LogP contribution in [0.1, 0.15) is 25.8 Å². The molecule has 176 valence electrons. The molecular formula is C22H32FN5O4. The van der Waals surface area contributed by atoms with Crippen LogP contribution in [0.3, 0.4) is 0 Å². The van der Waals surface area contributed by atoms with E-state index >= 15 is 0 Å². The highest BCUT2D eigenvalue weighted by molar-refractivity contribution is 5.85. The summed E-state index contributed by atoms with van der Waals surface area (Å²) in [5, 5.41) is 8.50. The number of fused-ring (bicyclic) bond motifs is 1. The van der Waals surface area contributed by atoms with Crippen molar-refractivity contribution in [1.82, 2.24) is 25.8 Å². The Kier molecular flexibility index (Phi) is 8.03. The molecule has 0 spiro atoms. The molecule has 1 aromatic rings. The molecule has 2 aliphatic rings. The molecule has 0 aliphatic carbocycles. The van der Waals surface area contributed by atoms with Crippen LogP contribution < -0.4 is 16.0 Å². The topological polar surface area (TPSA) is 103 Å². The second-order valence-electron chi connectivity index (χ2n) is 8.66. The molecule has 3 rings (SSSR count). The van der Waals surface area contributed by atoms with Gasteiger partial charge in [-0.2, -0.15) is 0 Å². The predicted octanol–water partition coefficient (Wildman–Crippen LogP) is 0.450. The van der Waals surface area contributed by atoms with Gasteiger partial charge in [0.1, 0.15) is 18.5 Å². The Labute approximate surface area is 187 Å². The molecule has 0 aromatic heterocycles. The normalized spacial score (nSPS) is 23.2. The van der Waals surface area contributed by atoms with E-state index in [2.05, 4.69) is 16.0 Å². The second-order valence-corrected chi connectivity index (χ2v) is 8.66. The second kappa shape index (κ2) is 10.7. The lowest BCUT2D eigenvalue weighted by atomic mass is 10.0. The van der Waals surface area contributed by atoms with E-state index in [4.69, 9.17) is 4.74 Å². The van der Waals surface area contributed by atoms with Crippen molar-refractivity contribution in [3.8, 4) is 0 Å². The monoisotopic (exact) mass is 449 g/mol. The number of nitrogens with one attached hydrogen (secondary N) is 3. The zero-order chi connectivity index (χ0) is 23.3. The number of nitrogens with zero attached hydrogens (tertiary/aromatic N) is 2. The number of rotatable bonds is 8. The van der Waals surface area contributed by atoms with Gasteiger partial charge in [-0.3, -0.25) is 14.5 Å². The minimum Gasteiger partial charge on any atom is -0.375 e. The summed E-state index contributed by atoms with van der Waals surface area (Å²) >= 11 is 0. The van der Waals surface area contributed by atoms with Crippen molar-refractivity contribution >= 4 is 17.8 Å². The van der Waals surface area contributed by atoms with Gasteiger partial charge in [-0.25, -0.2) is 9.18 Å². The molecule has 3 atom stereocenters. The largest absolute Gasteiger partial charge is 0.375 e. The van der Waals surface area contributed by atoms with Gasteiger partial charge in [-0.05, 0) is 38.0 Å². The van der Waals surface area contributed by atoms with Crippen LogP contribution in [0.2, 0.25) is 0 Å². The van der Waals surface area contributed by atoms with E-state index in [1.165, 1.54) is 19.2 Å². The number of ether oxygens (including phenoxy) is 1. The summed E-state index contributed by atoms with van der Waals surface area (Å²) in [6.07, 6.45) is 0.639. The van der Waals surface area contributed by atoms with Crippen molar-refractivity contribution < 1.29 is 23.5 Å². The number of benzene rings is 1. The highest BCUT2D eigenvalue weighted by Gasteiger charge is 2.45. The third kappa shape index (κ3) is 6.17. The number of carbonyl (C=O) groups excluding carboxylic acids is 3. The smallest absolute Gasteiger partial charge is 0.315 e. The van der Waals surface area contributed by atoms with E-state index < -0.39 is 6.04 Å². The van der Waals surface area contributed by atoms with E-state index in [0.29, 0.717) is 26.1 Å². The SMILES string of the molecule is COCC(=O)NC[C@H]1C(=O)N2C[C@@H](NC(=O)NC(C)C)C[C@H]2CN1Cc1cccc(F)c1. The quantitative estimate of drug-likeness (QED) is 0.535. The van der Waals surface area contributed by atoms with Crippen LogP contribution in [-0.2, 0) is 20.9 Å². The molecular weight excluding hydrogens is 417 g/mol. The van der Waals surface area contributed by atoms with Crippen molar-refractivity contribution in [2.45, 2.75) is 51.0 Å². The maximum Gasteiger partial charge on any atom is 0.315 e. The van der Waals surface area contributed by atoms with Crippen LogP contribution in [0, 0.1) is 5.82 Å². The summed E-state index contributed by atoms with van der Waals surface area (Å²) in [6, 6.07) is 5.25. The van der Waals surface area contributed by atoms with Crippen LogP contribution in [0.15, 0.2) is 24.3 Å². The fourth-order valence-electron chi connectivity index (χ4n) is 4.35. The van der Waals surface area contributed by atoms with E-state index in [-0.39, 0.29) is 54.9 Å². The van der Waals surface area contributed by atoms with Gasteiger partial charge < -0.3 is 25.6 Å². The number of piperazine rings is 1. The summed E-state index contributed by atoms with van der Waals surface area (Å²) in [5.74, 6) is -0.748. The Bertz CT molecular complexity index is 836. The summed E-state index contributed by atoms with van der Waals surface area (Å²) in [7, 11) is 1.43. The molecule has 10 heteroatoms. The lowest BCUT2D eigenvalue weighted by Crippen LogP contribution is -2.62. The molecule has 2 saturated heterocycles. The van der Waals surface area contributed by atoms with Gasteiger partial charge in [0, 0.05) is 45.4 Å². The number of halogens is 1. The fraction of sp³-hybridized carbons (Fsp3) is 0.591. The minimum absolute atomic E-state index is 0.0162. The average molecular weight is 450 g/mol. The Morgan fingerprint density at radius 1 is 1.28 bits per heavy atom. The zero-order valence-corrected chi connectivity index (χ0v) is 18.8. The van der Waals surface area contributed by atoms with Crippen LogP contribution in [0.5, 0.6) is 0 Å². The first-order valence-corrected chi connectivity index (χ1v) is 10.9. The van der Waals surface area contributed by atoms with Gasteiger partial charge >= 0.3 is 6.03 Å². The molecule has 2 heterocycles. The van der Waals surface area contributed by atoms with Crippen LogP contribution in [-0.4, -0.2) is 85.2 Å². The average Bonchev–Trinajstić information content (AvgIpc) is 3.09. The molecule has 2 fully saturated rings. The maximum atomic E-state index is 13.7. The Morgan fingerprint density at radius 2 is 2.06 bits per heavy atom. The first kappa shape index (κ1) is 23.9. The number of methoxy groups -OCH3 is 1. The lowest BCUT2D eigenvalue weighted by molar-refractivity contribution is -0.144. The molecule has 0 saturated carbocycles. The molecule has 0 bridgehead atoms. The Hall–Kier alpha value is -2.72. The first-order chi connectivity index (χ1) is 15.3. The molecule has 32 heavy (non-hydrogen) atoms. The molecule has 4 amide bonds. The number of urea groups is 1. The third-order valence-corrected chi connectivity index (χ3v) is 5.67. The van der Waals surface area contributed by atoms with Crippen molar-refractivity contribution in [2.24, 2.45) is 0 Å². The summed E-state index contributed by atoms with van der Waals surface area (Å²) < 4.78 is 18.5. The van der Waals surface area contributed by atoms with Gasteiger partial charge in [-0.1, -0.05) is 12.1 Å². The molecule has 2 aliphatic heterocycles. The molecule has 0 unspecified atom stereocenters. The maximum absolute atomic E-state index is 13.7. The number of hydrogen-bond acceptors (Lipinski definition) is 5. The predicted molar refractivity (Wildman–Crippen MR) is 116 cm³/mol. The van der Waals surface area contributed by atoms with Gasteiger partial charge in [0.15, 0.2) is 0 Å². The van der Waals surface area contributed by atoms with Gasteiger partial charge in [-0.15, -0.1) is 0 Å². The number of hydrogen-bond donors (Lipinski definition) is 3. The van der Waals surface area contributed by atoms with E-state index in [1.807, 2.05) is 24.8 Å². The van der Waals surface area contributed by atoms with Crippen molar-refractivity contribution in [1.29, 1.82) is 0 Å². The van der Waals surface area contributed by atoms with E-state index in [1.54, 1.807) is 11.0 Å². The standard InChI is InChI=1S/C22H32FN5O4/c1-14(2)25-22(31)26-17-8-18-12-27(10-15-5-4-6-16(23)7-15)19(21(30)28(18)11-17)9-24-20(29)13-32-3/h4-7,14,17-19H,8-13H2,1-3H3,(H,24,29)(H2,25,26,31)/t17-,18-,19-/m0/s1. The van der Waals surface area contributed by atoms with Gasteiger partial charge in [0.25, 0.3) is 0 Å². The summed E-state index contributed by atoms with van der Waals surface area (Å²) in [4.78, 5) is 41.1. The molecule has 1 aromatic carbocycles. The van der Waals surface area contributed by atoms with Crippen LogP contribution in [0.25, 0.3) is 0 Å². The first-order valence-electron chi connectivity index (χ1n) is 10.9. The Balaban J connectivity index is 1.72. The van der Waals surface area contributed by atoms with E-state index in [9.17, 15) is 18.8 Å². The Morgan fingerprint density at radius 3 is 2.75 bits per heavy atom. The molecule has 0 radical (unpaired) electrons. The van der Waals surface area contributed by atoms with Gasteiger partial charge in [0.2, 0.25) is 11.8 Å². The van der Waals surface area contributed by atoms with Crippen molar-refractivity contribution in [3.63, 3.8) is 0 Å². The summed E-state index contributed by atoms with van der Waals surface area (Å²) in [5.41, 5.74) is 0.753. The van der Waals surface area contributed by atoms with Gasteiger partial charge in [0.05, 0.1) is 6.04 Å². The highest BCUT2D eigenvalue weighted by atomic mass is 19.1. The molecule has 9 nitrogen and oxygen atoms in total. The van der Waals surface area contributed by atoms with Crippen molar-refractivity contribution in [2.75, 3.05) is 33.4 Å². The van der Waals surface area contributed by atoms with Crippen LogP contribution in [0.4, 0.5) is 9.18 Å². The number of amides is 4. The minimum atomic E-state index is -0.585. The zero-order valence-electron chi connectivity index (χ0n) is 18.8. The fourth-order valence-corrected chi connectivity index (χ4v) is 4.35. The van der Waals surface area contributed by atoms with Crippen LogP contribution >= 0.6 is 0 Å². The van der Waals surface area contributed by atoms with Crippen molar-refractivity contribution in [3.05, 3.63) is 35.6 Å². The third-order valence-electron chi connectivity index (χ3n) is 5.67. The lowest BCUT2D eigenvalue weighted by Gasteiger charge is -2.42. The summed E-state index contributed by atoms with van der Waals surface area (Å²) in [6.45, 7) is 5.17.